The maximum atomic E-state index is 4.99. The van der Waals surface area contributed by atoms with Gasteiger partial charge in [0.05, 0.1) is 25.9 Å². The molecule has 8 nitrogen and oxygen atoms in total. The molecule has 0 aliphatic heterocycles. The Hall–Kier alpha value is -2.43. The van der Waals surface area contributed by atoms with E-state index in [-0.39, 0.29) is 0 Å². The predicted molar refractivity (Wildman–Crippen MR) is 93.6 cm³/mol. The van der Waals surface area contributed by atoms with Gasteiger partial charge < -0.3 is 9.47 Å². The number of rotatable bonds is 2. The molecule has 0 radical (unpaired) electrons. The van der Waals surface area contributed by atoms with Gasteiger partial charge in [-0.2, -0.15) is 10.2 Å². The van der Waals surface area contributed by atoms with E-state index in [1.165, 1.54) is 0 Å². The van der Waals surface area contributed by atoms with Gasteiger partial charge in [0.15, 0.2) is 0 Å². The Balaban J connectivity index is 0.000000136. The van der Waals surface area contributed by atoms with Crippen LogP contribution in [0.15, 0.2) is 30.5 Å². The van der Waals surface area contributed by atoms with Crippen molar-refractivity contribution in [2.24, 2.45) is 0 Å². The van der Waals surface area contributed by atoms with Crippen molar-refractivity contribution in [1.82, 2.24) is 30.4 Å². The molecule has 2 N–H and O–H groups in total. The molecule has 0 atom stereocenters. The minimum atomic E-state index is 0.610. The normalized spacial score (nSPS) is 10.4. The predicted octanol–water partition coefficient (Wildman–Crippen LogP) is 2.54. The maximum Gasteiger partial charge on any atom is 0.213 e. The highest BCUT2D eigenvalue weighted by atomic mass is 127. The summed E-state index contributed by atoms with van der Waals surface area (Å²) in [6.07, 6.45) is 1.66. The van der Waals surface area contributed by atoms with Gasteiger partial charge in [0.1, 0.15) is 20.3 Å². The fourth-order valence-corrected chi connectivity index (χ4v) is 2.40. The lowest BCUT2D eigenvalue weighted by atomic mass is 10.4. The Morgan fingerprint density at radius 1 is 0.913 bits per heavy atom. The van der Waals surface area contributed by atoms with E-state index in [9.17, 15) is 0 Å². The van der Waals surface area contributed by atoms with Crippen LogP contribution in [0, 0.1) is 3.70 Å². The van der Waals surface area contributed by atoms with Gasteiger partial charge in [-0.3, -0.25) is 10.2 Å². The molecule has 0 saturated heterocycles. The lowest BCUT2D eigenvalue weighted by molar-refractivity contribution is 0.399. The first kappa shape index (κ1) is 15.5. The molecule has 0 bridgehead atoms. The second-order valence-corrected chi connectivity index (χ2v) is 5.49. The third-order valence-corrected chi connectivity index (χ3v) is 3.77. The quantitative estimate of drug-likeness (QED) is 0.480. The summed E-state index contributed by atoms with van der Waals surface area (Å²) < 4.78 is 10.9. The summed E-state index contributed by atoms with van der Waals surface area (Å²) in [5.74, 6) is 1.22. The van der Waals surface area contributed by atoms with Crippen molar-refractivity contribution in [2.75, 3.05) is 14.2 Å². The van der Waals surface area contributed by atoms with Crippen molar-refractivity contribution in [1.29, 1.82) is 0 Å². The summed E-state index contributed by atoms with van der Waals surface area (Å²) in [4.78, 5) is 8.37. The van der Waals surface area contributed by atoms with Gasteiger partial charge in [-0.05, 0) is 34.7 Å². The molecule has 0 spiro atoms. The number of nitrogens with zero attached hydrogens (tertiary/aromatic N) is 4. The average molecular weight is 424 g/mol. The second-order valence-electron chi connectivity index (χ2n) is 4.42. The maximum absolute atomic E-state index is 4.99. The van der Waals surface area contributed by atoms with Crippen LogP contribution in [-0.4, -0.2) is 44.6 Å². The Labute approximate surface area is 144 Å². The molecule has 0 aliphatic rings. The molecule has 23 heavy (non-hydrogen) atoms. The zero-order valence-corrected chi connectivity index (χ0v) is 14.5. The summed E-state index contributed by atoms with van der Waals surface area (Å²) in [5, 5.41) is 13.5. The van der Waals surface area contributed by atoms with Crippen molar-refractivity contribution < 1.29 is 9.47 Å². The molecule has 4 rings (SSSR count). The SMILES string of the molecule is COc1ccc2[nH]ncc2n1.COc1ccc2n[nH]c(I)c2n1. The molecule has 118 valence electrons. The number of hydrogen-bond acceptors (Lipinski definition) is 6. The van der Waals surface area contributed by atoms with Crippen molar-refractivity contribution in [3.05, 3.63) is 34.2 Å². The monoisotopic (exact) mass is 424 g/mol. The van der Waals surface area contributed by atoms with Crippen LogP contribution in [0.3, 0.4) is 0 Å². The van der Waals surface area contributed by atoms with E-state index in [0.29, 0.717) is 11.8 Å². The zero-order chi connectivity index (χ0) is 16.2. The largest absolute Gasteiger partial charge is 0.481 e. The summed E-state index contributed by atoms with van der Waals surface area (Å²) in [6.45, 7) is 0. The van der Waals surface area contributed by atoms with E-state index in [4.69, 9.17) is 9.47 Å². The van der Waals surface area contributed by atoms with Crippen LogP contribution in [-0.2, 0) is 0 Å². The molecule has 0 fully saturated rings. The molecule has 0 unspecified atom stereocenters. The number of fused-ring (bicyclic) bond motifs is 2. The minimum absolute atomic E-state index is 0.610. The number of aromatic nitrogens is 6. The Bertz CT molecular complexity index is 935. The molecule has 0 aliphatic carbocycles. The van der Waals surface area contributed by atoms with Crippen molar-refractivity contribution in [2.45, 2.75) is 0 Å². The number of aromatic amines is 2. The number of H-pyrrole nitrogens is 2. The first-order valence-electron chi connectivity index (χ1n) is 6.60. The van der Waals surface area contributed by atoms with Gasteiger partial charge in [0, 0.05) is 12.1 Å². The number of halogens is 1. The van der Waals surface area contributed by atoms with E-state index < -0.39 is 0 Å². The number of hydrogen-bond donors (Lipinski definition) is 2. The van der Waals surface area contributed by atoms with Crippen LogP contribution in [0.1, 0.15) is 0 Å². The highest BCUT2D eigenvalue weighted by Crippen LogP contribution is 2.18. The van der Waals surface area contributed by atoms with Crippen LogP contribution in [0.2, 0.25) is 0 Å². The van der Waals surface area contributed by atoms with Crippen molar-refractivity contribution in [3.8, 4) is 11.8 Å². The van der Waals surface area contributed by atoms with E-state index in [2.05, 4.69) is 53.0 Å². The van der Waals surface area contributed by atoms with Gasteiger partial charge in [-0.1, -0.05) is 0 Å². The molecule has 4 aromatic heterocycles. The summed E-state index contributed by atoms with van der Waals surface area (Å²) >= 11 is 2.15. The number of ether oxygens (including phenoxy) is 2. The highest BCUT2D eigenvalue weighted by Gasteiger charge is 2.04. The van der Waals surface area contributed by atoms with Crippen molar-refractivity contribution >= 4 is 44.7 Å². The molecule has 9 heteroatoms. The van der Waals surface area contributed by atoms with Gasteiger partial charge in [-0.15, -0.1) is 0 Å². The standard InChI is InChI=1S/C7H6IN3O.C7H7N3O/c1-12-5-3-2-4-6(9-5)7(8)11-10-4;1-11-7-3-2-5-6(9-7)4-8-10-5/h2-3H,1H3,(H,10,11);2-4H,1H3,(H,8,10). The fourth-order valence-electron chi connectivity index (χ4n) is 1.89. The summed E-state index contributed by atoms with van der Waals surface area (Å²) in [5.41, 5.74) is 3.46. The number of methoxy groups -OCH3 is 2. The van der Waals surface area contributed by atoms with E-state index >= 15 is 0 Å². The fraction of sp³-hybridized carbons (Fsp3) is 0.143. The molecule has 0 aromatic carbocycles. The first-order valence-corrected chi connectivity index (χ1v) is 7.68. The van der Waals surface area contributed by atoms with Crippen LogP contribution in [0.4, 0.5) is 0 Å². The molecule has 0 saturated carbocycles. The highest BCUT2D eigenvalue weighted by molar-refractivity contribution is 14.1. The van der Waals surface area contributed by atoms with Crippen LogP contribution in [0.5, 0.6) is 11.8 Å². The Morgan fingerprint density at radius 3 is 2.43 bits per heavy atom. The molecular formula is C14H13IN6O2. The number of nitrogens with one attached hydrogen (secondary N) is 2. The topological polar surface area (TPSA) is 102 Å². The Kier molecular flexibility index (Phi) is 4.55. The smallest absolute Gasteiger partial charge is 0.213 e. The van der Waals surface area contributed by atoms with E-state index in [1.54, 1.807) is 32.5 Å². The molecular weight excluding hydrogens is 411 g/mol. The third-order valence-electron chi connectivity index (χ3n) is 3.02. The summed E-state index contributed by atoms with van der Waals surface area (Å²) in [6, 6.07) is 7.34. The second kappa shape index (κ2) is 6.77. The lowest BCUT2D eigenvalue weighted by Gasteiger charge is -1.95. The van der Waals surface area contributed by atoms with Crippen LogP contribution in [0.25, 0.3) is 22.1 Å². The lowest BCUT2D eigenvalue weighted by Crippen LogP contribution is -1.86. The van der Waals surface area contributed by atoms with Gasteiger partial charge in [0.2, 0.25) is 11.8 Å². The zero-order valence-electron chi connectivity index (χ0n) is 12.4. The van der Waals surface area contributed by atoms with Gasteiger partial charge in [0.25, 0.3) is 0 Å². The summed E-state index contributed by atoms with van der Waals surface area (Å²) in [7, 11) is 3.19. The number of pyridine rings is 2. The van der Waals surface area contributed by atoms with E-state index in [1.807, 2.05) is 12.1 Å². The van der Waals surface area contributed by atoms with Crippen LogP contribution >= 0.6 is 22.6 Å². The minimum Gasteiger partial charge on any atom is -0.481 e. The van der Waals surface area contributed by atoms with Crippen molar-refractivity contribution in [3.63, 3.8) is 0 Å². The first-order chi connectivity index (χ1) is 11.2. The Morgan fingerprint density at radius 2 is 1.65 bits per heavy atom. The van der Waals surface area contributed by atoms with Crippen LogP contribution < -0.4 is 9.47 Å². The average Bonchev–Trinajstić information content (AvgIpc) is 3.21. The molecule has 4 aromatic rings. The van der Waals surface area contributed by atoms with E-state index in [0.717, 1.165) is 25.8 Å². The van der Waals surface area contributed by atoms with Gasteiger partial charge >= 0.3 is 0 Å². The molecule has 4 heterocycles. The molecule has 0 amide bonds. The third kappa shape index (κ3) is 3.33. The van der Waals surface area contributed by atoms with Gasteiger partial charge in [-0.25, -0.2) is 9.97 Å².